The molecule has 0 saturated heterocycles. The molecule has 1 heterocycles. The molecule has 7 rings (SSSR count). The van der Waals surface area contributed by atoms with Crippen LogP contribution in [-0.4, -0.2) is 9.97 Å². The van der Waals surface area contributed by atoms with Crippen LogP contribution in [0.25, 0.3) is 55.9 Å². The highest BCUT2D eigenvalue weighted by Gasteiger charge is 2.36. The van der Waals surface area contributed by atoms with E-state index in [2.05, 4.69) is 0 Å². The second kappa shape index (κ2) is 9.97. The molecule has 8 heteroatoms. The normalized spacial score (nSPS) is 11.7. The van der Waals surface area contributed by atoms with E-state index in [0.29, 0.717) is 56.2 Å². The molecule has 0 spiro atoms. The van der Waals surface area contributed by atoms with Gasteiger partial charge in [-0.15, -0.1) is 0 Å². The molecule has 0 bridgehead atoms. The van der Waals surface area contributed by atoms with Gasteiger partial charge in [-0.2, -0.15) is 21.0 Å². The quantitative estimate of drug-likeness (QED) is 0.197. The van der Waals surface area contributed by atoms with Crippen LogP contribution in [0.15, 0.2) is 96.1 Å². The number of benzene rings is 4. The number of nitrogens with zero attached hydrogens (tertiary/aromatic N) is 6. The molecule has 0 fully saturated rings. The highest BCUT2D eigenvalue weighted by atomic mass is 19.1. The Labute approximate surface area is 250 Å². The van der Waals surface area contributed by atoms with Crippen molar-refractivity contribution < 1.29 is 8.78 Å². The van der Waals surface area contributed by atoms with E-state index in [1.54, 1.807) is 36.4 Å². The molecular weight excluding hydrogens is 554 g/mol. The van der Waals surface area contributed by atoms with E-state index in [1.165, 1.54) is 24.3 Å². The lowest BCUT2D eigenvalue weighted by molar-refractivity contribution is 0.627. The van der Waals surface area contributed by atoms with Gasteiger partial charge >= 0.3 is 0 Å². The summed E-state index contributed by atoms with van der Waals surface area (Å²) in [4.78, 5) is 9.89. The molecule has 0 unspecified atom stereocenters. The van der Waals surface area contributed by atoms with Crippen LogP contribution in [-0.2, 0) is 0 Å². The monoisotopic (exact) mass is 568 g/mol. The number of rotatable bonds is 2. The van der Waals surface area contributed by atoms with Crippen molar-refractivity contribution in [2.45, 2.75) is 0 Å². The van der Waals surface area contributed by atoms with Gasteiger partial charge in [0.2, 0.25) is 0 Å². The minimum Gasteiger partial charge on any atom is -0.243 e. The van der Waals surface area contributed by atoms with Crippen molar-refractivity contribution in [3.63, 3.8) is 0 Å². The molecule has 202 valence electrons. The van der Waals surface area contributed by atoms with Gasteiger partial charge in [0.05, 0.1) is 11.4 Å². The predicted octanol–water partition coefficient (Wildman–Crippen LogP) is 7.75. The molecular formula is C36H14F2N6. The number of halogens is 2. The van der Waals surface area contributed by atoms with Gasteiger partial charge in [-0.1, -0.05) is 48.5 Å². The van der Waals surface area contributed by atoms with Crippen molar-refractivity contribution in [2.24, 2.45) is 0 Å². The summed E-state index contributed by atoms with van der Waals surface area (Å²) in [5.74, 6) is -0.741. The largest absolute Gasteiger partial charge is 0.243 e. The average Bonchev–Trinajstić information content (AvgIpc) is 3.53. The average molecular weight is 569 g/mol. The molecule has 0 N–H and O–H groups in total. The van der Waals surface area contributed by atoms with E-state index in [0.717, 1.165) is 22.3 Å². The molecule has 0 radical (unpaired) electrons. The number of hydrogen-bond acceptors (Lipinski definition) is 6. The van der Waals surface area contributed by atoms with E-state index in [1.807, 2.05) is 48.5 Å². The van der Waals surface area contributed by atoms with Crippen molar-refractivity contribution in [1.82, 2.24) is 9.97 Å². The lowest BCUT2D eigenvalue weighted by Crippen LogP contribution is -1.98. The number of fused-ring (bicyclic) bond motifs is 6. The van der Waals surface area contributed by atoms with Crippen LogP contribution in [0.5, 0.6) is 0 Å². The Balaban J connectivity index is 1.48. The fourth-order valence-electron chi connectivity index (χ4n) is 5.75. The highest BCUT2D eigenvalue weighted by Crippen LogP contribution is 2.51. The van der Waals surface area contributed by atoms with Crippen molar-refractivity contribution in [2.75, 3.05) is 0 Å². The maximum absolute atomic E-state index is 13.6. The van der Waals surface area contributed by atoms with E-state index in [9.17, 15) is 29.8 Å². The second-order valence-electron chi connectivity index (χ2n) is 10.1. The Bertz CT molecular complexity index is 2120. The van der Waals surface area contributed by atoms with Gasteiger partial charge in [-0.3, -0.25) is 0 Å². The summed E-state index contributed by atoms with van der Waals surface area (Å²) >= 11 is 0. The molecule has 0 amide bonds. The fourth-order valence-corrected chi connectivity index (χ4v) is 5.75. The molecule has 0 atom stereocenters. The molecule has 4 aromatic carbocycles. The van der Waals surface area contributed by atoms with Crippen LogP contribution in [0.3, 0.4) is 0 Å². The molecule has 2 aliphatic carbocycles. The van der Waals surface area contributed by atoms with Crippen molar-refractivity contribution in [3.05, 3.63) is 130 Å². The molecule has 6 nitrogen and oxygen atoms in total. The molecule has 5 aromatic rings. The zero-order chi connectivity index (χ0) is 30.5. The Hall–Kier alpha value is -6.74. The van der Waals surface area contributed by atoms with Gasteiger partial charge < -0.3 is 0 Å². The van der Waals surface area contributed by atoms with E-state index < -0.39 is 0 Å². The van der Waals surface area contributed by atoms with Gasteiger partial charge in [-0.05, 0) is 69.8 Å². The Morgan fingerprint density at radius 3 is 1.11 bits per heavy atom. The zero-order valence-corrected chi connectivity index (χ0v) is 22.5. The first-order chi connectivity index (χ1) is 21.4. The first kappa shape index (κ1) is 26.2. The maximum atomic E-state index is 13.6. The topological polar surface area (TPSA) is 121 Å². The summed E-state index contributed by atoms with van der Waals surface area (Å²) < 4.78 is 27.2. The summed E-state index contributed by atoms with van der Waals surface area (Å²) in [6.45, 7) is 0. The first-order valence-corrected chi connectivity index (χ1v) is 13.3. The smallest absolute Gasteiger partial charge is 0.139 e. The second-order valence-corrected chi connectivity index (χ2v) is 10.1. The lowest BCUT2D eigenvalue weighted by Gasteiger charge is -2.07. The highest BCUT2D eigenvalue weighted by molar-refractivity contribution is 6.07. The van der Waals surface area contributed by atoms with E-state index >= 15 is 0 Å². The lowest BCUT2D eigenvalue weighted by atomic mass is 9.96. The number of allylic oxidation sites excluding steroid dienone is 2. The summed E-state index contributed by atoms with van der Waals surface area (Å²) in [7, 11) is 0. The number of aromatic nitrogens is 2. The number of nitriles is 4. The molecule has 0 saturated carbocycles. The Morgan fingerprint density at radius 2 is 0.773 bits per heavy atom. The third kappa shape index (κ3) is 3.88. The third-order valence-corrected chi connectivity index (χ3v) is 7.76. The first-order valence-electron chi connectivity index (χ1n) is 13.3. The Kier molecular flexibility index (Phi) is 5.93. The predicted molar refractivity (Wildman–Crippen MR) is 158 cm³/mol. The molecule has 1 aromatic heterocycles. The Morgan fingerprint density at radius 1 is 0.432 bits per heavy atom. The van der Waals surface area contributed by atoms with Crippen LogP contribution in [0, 0.1) is 57.0 Å². The van der Waals surface area contributed by atoms with Crippen molar-refractivity contribution in [1.29, 1.82) is 21.0 Å². The third-order valence-electron chi connectivity index (χ3n) is 7.76. The van der Waals surface area contributed by atoms with Crippen LogP contribution >= 0.6 is 0 Å². The molecule has 0 aliphatic heterocycles. The van der Waals surface area contributed by atoms with Gasteiger partial charge in [0.1, 0.15) is 58.4 Å². The zero-order valence-electron chi connectivity index (χ0n) is 22.5. The number of hydrogen-bond donors (Lipinski definition) is 0. The van der Waals surface area contributed by atoms with Crippen molar-refractivity contribution >= 4 is 11.1 Å². The van der Waals surface area contributed by atoms with Crippen LogP contribution in [0.2, 0.25) is 0 Å². The van der Waals surface area contributed by atoms with Crippen LogP contribution in [0.1, 0.15) is 22.5 Å². The van der Waals surface area contributed by atoms with E-state index in [4.69, 9.17) is 9.97 Å². The van der Waals surface area contributed by atoms with Gasteiger partial charge in [-0.25, -0.2) is 18.7 Å². The molecule has 44 heavy (non-hydrogen) atoms. The van der Waals surface area contributed by atoms with Crippen molar-refractivity contribution in [3.8, 4) is 69.0 Å². The van der Waals surface area contributed by atoms with Gasteiger partial charge in [0, 0.05) is 22.3 Å². The minimum absolute atomic E-state index is 0.147. The SMILES string of the molecule is N#CC(C#N)=C1c2cc(-c3ccc(F)cc3)ccc2-c2nc3c(nc21)-c1ccc(-c2ccc(F)cc2)cc1C3=C(C#N)C#N. The maximum Gasteiger partial charge on any atom is 0.139 e. The van der Waals surface area contributed by atoms with Crippen LogP contribution < -0.4 is 0 Å². The summed E-state index contributed by atoms with van der Waals surface area (Å²) in [5, 5.41) is 39.7. The van der Waals surface area contributed by atoms with Crippen LogP contribution in [0.4, 0.5) is 8.78 Å². The summed E-state index contributed by atoms with van der Waals surface area (Å²) in [6.07, 6.45) is 0. The summed E-state index contributed by atoms with van der Waals surface area (Å²) in [5.41, 5.74) is 7.18. The standard InChI is InChI=1S/C36H14F2N6/c37-25-7-1-19(2-8-25)21-5-11-27-29(13-21)31(23(15-39)16-40)35-33(27)43-36-32(24(17-41)18-42)30-14-22(6-12-28(30)34(36)44-35)20-3-9-26(38)10-4-20/h1-14H. The fraction of sp³-hybridized carbons (Fsp3) is 0. The van der Waals surface area contributed by atoms with E-state index in [-0.39, 0.29) is 22.8 Å². The van der Waals surface area contributed by atoms with Gasteiger partial charge in [0.15, 0.2) is 0 Å². The molecule has 2 aliphatic rings. The minimum atomic E-state index is -0.370. The van der Waals surface area contributed by atoms with Gasteiger partial charge in [0.25, 0.3) is 0 Å². The summed E-state index contributed by atoms with van der Waals surface area (Å²) in [6, 6.07) is 30.8.